The van der Waals surface area contributed by atoms with Gasteiger partial charge in [0.2, 0.25) is 0 Å². The van der Waals surface area contributed by atoms with Gasteiger partial charge < -0.3 is 20.2 Å². The van der Waals surface area contributed by atoms with Crippen molar-refractivity contribution < 1.29 is 28.2 Å². The summed E-state index contributed by atoms with van der Waals surface area (Å²) < 4.78 is 38.4. The number of H-pyrrole nitrogens is 2. The number of benzene rings is 2. The van der Waals surface area contributed by atoms with E-state index in [1.165, 1.54) is 12.1 Å². The lowest BCUT2D eigenvalue weighted by Gasteiger charge is -2.12. The maximum atomic E-state index is 12.8. The van der Waals surface area contributed by atoms with Crippen molar-refractivity contribution in [1.29, 1.82) is 0 Å². The van der Waals surface area contributed by atoms with Crippen molar-refractivity contribution in [2.24, 2.45) is 0 Å². The van der Waals surface area contributed by atoms with E-state index >= 15 is 0 Å². The van der Waals surface area contributed by atoms with Crippen LogP contribution in [0.25, 0.3) is 33.4 Å². The van der Waals surface area contributed by atoms with E-state index in [4.69, 9.17) is 0 Å². The summed E-state index contributed by atoms with van der Waals surface area (Å²) in [4.78, 5) is 29.2. The molecule has 0 aliphatic rings. The van der Waals surface area contributed by atoms with Crippen molar-refractivity contribution in [3.05, 3.63) is 75.6 Å². The molecule has 164 valence electrons. The van der Waals surface area contributed by atoms with E-state index in [0.717, 1.165) is 23.0 Å². The van der Waals surface area contributed by atoms with Crippen LogP contribution in [0.2, 0.25) is 0 Å². The van der Waals surface area contributed by atoms with Gasteiger partial charge in [0.1, 0.15) is 5.75 Å². The standard InChI is InChI=1S/C23H17F3N2O4/c1-2-15-19(28-21(30)18(20(15)29)22(31)32)12-5-8-16-13(9-12)10-17(27-16)11-3-6-14(7-4-11)23(24,25)26/h3-10,27H,2H2,1H3,(H,31,32)(H2,28,29,30). The second kappa shape index (κ2) is 7.60. The minimum Gasteiger partial charge on any atom is -0.506 e. The molecule has 4 N–H and O–H groups in total. The Labute approximate surface area is 179 Å². The molecule has 0 saturated heterocycles. The molecule has 4 rings (SSSR count). The zero-order chi connectivity index (χ0) is 23.2. The summed E-state index contributed by atoms with van der Waals surface area (Å²) in [7, 11) is 0. The Hall–Kier alpha value is -4.01. The van der Waals surface area contributed by atoms with Crippen molar-refractivity contribution >= 4 is 16.9 Å². The molecule has 2 heterocycles. The Balaban J connectivity index is 1.79. The number of carboxylic acid groups (broad SMARTS) is 1. The zero-order valence-electron chi connectivity index (χ0n) is 16.7. The van der Waals surface area contributed by atoms with E-state index in [2.05, 4.69) is 9.97 Å². The van der Waals surface area contributed by atoms with Crippen molar-refractivity contribution in [1.82, 2.24) is 9.97 Å². The highest BCUT2D eigenvalue weighted by molar-refractivity contribution is 5.93. The Morgan fingerprint density at radius 3 is 2.25 bits per heavy atom. The van der Waals surface area contributed by atoms with Crippen molar-refractivity contribution in [3.8, 4) is 28.3 Å². The van der Waals surface area contributed by atoms with Crippen LogP contribution >= 0.6 is 0 Å². The number of carbonyl (C=O) groups is 1. The van der Waals surface area contributed by atoms with E-state index in [1.807, 2.05) is 0 Å². The van der Waals surface area contributed by atoms with E-state index in [1.54, 1.807) is 31.2 Å². The van der Waals surface area contributed by atoms with Crippen LogP contribution in [0.5, 0.6) is 5.75 Å². The molecule has 0 bridgehead atoms. The number of alkyl halides is 3. The molecule has 0 amide bonds. The molecule has 32 heavy (non-hydrogen) atoms. The summed E-state index contributed by atoms with van der Waals surface area (Å²) in [6.07, 6.45) is -4.14. The highest BCUT2D eigenvalue weighted by atomic mass is 19.4. The van der Waals surface area contributed by atoms with Crippen LogP contribution in [0.3, 0.4) is 0 Å². The maximum absolute atomic E-state index is 12.8. The lowest BCUT2D eigenvalue weighted by Crippen LogP contribution is -2.20. The van der Waals surface area contributed by atoms with E-state index in [-0.39, 0.29) is 6.42 Å². The molecule has 6 nitrogen and oxygen atoms in total. The quantitative estimate of drug-likeness (QED) is 0.350. The van der Waals surface area contributed by atoms with Gasteiger partial charge in [-0.25, -0.2) is 4.79 Å². The molecule has 2 aromatic carbocycles. The molecule has 4 aromatic rings. The number of carboxylic acids is 1. The fourth-order valence-electron chi connectivity index (χ4n) is 3.70. The predicted octanol–water partition coefficient (Wildman–Crippen LogP) is 5.18. The molecular weight excluding hydrogens is 425 g/mol. The first-order valence-corrected chi connectivity index (χ1v) is 9.62. The normalized spacial score (nSPS) is 11.8. The van der Waals surface area contributed by atoms with Gasteiger partial charge in [0.05, 0.1) is 11.3 Å². The van der Waals surface area contributed by atoms with Gasteiger partial charge in [-0.1, -0.05) is 25.1 Å². The number of halogens is 3. The monoisotopic (exact) mass is 442 g/mol. The topological polar surface area (TPSA) is 106 Å². The number of aromatic carboxylic acids is 1. The van der Waals surface area contributed by atoms with Crippen LogP contribution in [0.15, 0.2) is 53.3 Å². The summed E-state index contributed by atoms with van der Waals surface area (Å²) in [6.45, 7) is 1.72. The summed E-state index contributed by atoms with van der Waals surface area (Å²) >= 11 is 0. The molecule has 0 aliphatic heterocycles. The molecule has 0 fully saturated rings. The van der Waals surface area contributed by atoms with Gasteiger partial charge in [0.25, 0.3) is 5.56 Å². The summed E-state index contributed by atoms with van der Waals surface area (Å²) in [6, 6.07) is 11.7. The number of aromatic hydroxyl groups is 1. The number of aromatic nitrogens is 2. The number of pyridine rings is 1. The lowest BCUT2D eigenvalue weighted by molar-refractivity contribution is -0.137. The fraction of sp³-hybridized carbons (Fsp3) is 0.130. The summed E-state index contributed by atoms with van der Waals surface area (Å²) in [5.74, 6) is -2.09. The third kappa shape index (κ3) is 3.62. The molecule has 2 aromatic heterocycles. The molecule has 0 spiro atoms. The minimum absolute atomic E-state index is 0.278. The van der Waals surface area contributed by atoms with Gasteiger partial charge >= 0.3 is 12.1 Å². The molecule has 0 unspecified atom stereocenters. The third-order valence-corrected chi connectivity index (χ3v) is 5.29. The summed E-state index contributed by atoms with van der Waals surface area (Å²) in [5, 5.41) is 20.3. The van der Waals surface area contributed by atoms with Gasteiger partial charge in [0, 0.05) is 22.2 Å². The van der Waals surface area contributed by atoms with Crippen molar-refractivity contribution in [2.75, 3.05) is 0 Å². The van der Waals surface area contributed by atoms with Gasteiger partial charge in [-0.05, 0) is 47.9 Å². The zero-order valence-corrected chi connectivity index (χ0v) is 16.7. The Morgan fingerprint density at radius 1 is 1.00 bits per heavy atom. The Morgan fingerprint density at radius 2 is 1.66 bits per heavy atom. The highest BCUT2D eigenvalue weighted by Gasteiger charge is 2.30. The first-order valence-electron chi connectivity index (χ1n) is 9.62. The molecular formula is C23H17F3N2O4. The summed E-state index contributed by atoms with van der Waals surface area (Å²) in [5.41, 5.74) is 0.687. The van der Waals surface area contributed by atoms with Crippen molar-refractivity contribution in [2.45, 2.75) is 19.5 Å². The second-order valence-corrected chi connectivity index (χ2v) is 7.25. The molecule has 0 aliphatic carbocycles. The maximum Gasteiger partial charge on any atom is 0.416 e. The lowest BCUT2D eigenvalue weighted by atomic mass is 9.99. The highest BCUT2D eigenvalue weighted by Crippen LogP contribution is 2.34. The van der Waals surface area contributed by atoms with Gasteiger partial charge in [-0.3, -0.25) is 4.79 Å². The Kier molecular flexibility index (Phi) is 5.04. The second-order valence-electron chi connectivity index (χ2n) is 7.25. The van der Waals surface area contributed by atoms with E-state index in [0.29, 0.717) is 28.1 Å². The van der Waals surface area contributed by atoms with Crippen LogP contribution < -0.4 is 5.56 Å². The smallest absolute Gasteiger partial charge is 0.416 e. The van der Waals surface area contributed by atoms with Crippen LogP contribution in [-0.4, -0.2) is 26.2 Å². The number of rotatable bonds is 4. The largest absolute Gasteiger partial charge is 0.506 e. The average molecular weight is 442 g/mol. The van der Waals surface area contributed by atoms with Crippen molar-refractivity contribution in [3.63, 3.8) is 0 Å². The Bertz CT molecular complexity index is 1400. The average Bonchev–Trinajstić information content (AvgIpc) is 3.16. The number of hydrogen-bond acceptors (Lipinski definition) is 3. The van der Waals surface area contributed by atoms with Crippen LogP contribution in [0.1, 0.15) is 28.4 Å². The molecule has 0 saturated carbocycles. The minimum atomic E-state index is -4.41. The third-order valence-electron chi connectivity index (χ3n) is 5.29. The fourth-order valence-corrected chi connectivity index (χ4v) is 3.70. The molecule has 0 radical (unpaired) electrons. The van der Waals surface area contributed by atoms with Crippen LogP contribution in [-0.2, 0) is 12.6 Å². The number of fused-ring (bicyclic) bond motifs is 1. The molecule has 9 heteroatoms. The first kappa shape index (κ1) is 21.2. The van der Waals surface area contributed by atoms with Gasteiger partial charge in [-0.15, -0.1) is 0 Å². The number of nitrogens with one attached hydrogen (secondary N) is 2. The van der Waals surface area contributed by atoms with E-state index in [9.17, 15) is 33.0 Å². The molecule has 0 atom stereocenters. The van der Waals surface area contributed by atoms with Gasteiger partial charge in [0.15, 0.2) is 5.56 Å². The predicted molar refractivity (Wildman–Crippen MR) is 113 cm³/mol. The van der Waals surface area contributed by atoms with Crippen LogP contribution in [0, 0.1) is 0 Å². The number of hydrogen-bond donors (Lipinski definition) is 4. The van der Waals surface area contributed by atoms with Gasteiger partial charge in [-0.2, -0.15) is 13.2 Å². The SMILES string of the molecule is CCc1c(-c2ccc3[nH]c(-c4ccc(C(F)(F)F)cc4)cc3c2)[nH]c(=O)c(C(=O)O)c1O. The van der Waals surface area contributed by atoms with Crippen LogP contribution in [0.4, 0.5) is 13.2 Å². The first-order chi connectivity index (χ1) is 15.1. The van der Waals surface area contributed by atoms with E-state index < -0.39 is 34.6 Å². The number of aromatic amines is 2.